The number of hydrogen-bond acceptors (Lipinski definition) is 3. The predicted molar refractivity (Wildman–Crippen MR) is 115 cm³/mol. The summed E-state index contributed by atoms with van der Waals surface area (Å²) < 4.78 is 23.6. The number of ketones is 1. The highest BCUT2D eigenvalue weighted by Gasteiger charge is 2.33. The fourth-order valence-electron chi connectivity index (χ4n) is 2.81. The fourth-order valence-corrected chi connectivity index (χ4v) is 3.44. The summed E-state index contributed by atoms with van der Waals surface area (Å²) in [6.45, 7) is 15.6. The van der Waals surface area contributed by atoms with E-state index in [4.69, 9.17) is 0 Å². The van der Waals surface area contributed by atoms with Gasteiger partial charge in [0.05, 0.1) is 0 Å². The predicted octanol–water partition coefficient (Wildman–Crippen LogP) is 5.38. The van der Waals surface area contributed by atoms with Crippen molar-refractivity contribution in [1.29, 1.82) is 0 Å². The van der Waals surface area contributed by atoms with Crippen LogP contribution in [0.3, 0.4) is 0 Å². The summed E-state index contributed by atoms with van der Waals surface area (Å²) in [5.74, 6) is 0.0353. The molecule has 3 unspecified atom stereocenters. The van der Waals surface area contributed by atoms with Crippen molar-refractivity contribution < 1.29 is 13.2 Å². The maximum Gasteiger partial charge on any atom is 0.188 e. The van der Waals surface area contributed by atoms with Crippen LogP contribution in [0.4, 0.5) is 0 Å². The van der Waals surface area contributed by atoms with Crippen molar-refractivity contribution in [2.45, 2.75) is 59.1 Å². The molecule has 0 fully saturated rings. The van der Waals surface area contributed by atoms with E-state index in [9.17, 15) is 13.2 Å². The average molecular weight is 391 g/mol. The van der Waals surface area contributed by atoms with E-state index in [0.29, 0.717) is 11.1 Å². The van der Waals surface area contributed by atoms with Crippen LogP contribution in [0.5, 0.6) is 0 Å². The summed E-state index contributed by atoms with van der Waals surface area (Å²) >= 11 is 0. The second kappa shape index (κ2) is 8.55. The van der Waals surface area contributed by atoms with E-state index < -0.39 is 20.0 Å². The molecule has 0 heterocycles. The molecule has 0 N–H and O–H groups in total. The van der Waals surface area contributed by atoms with Crippen molar-refractivity contribution in [3.63, 3.8) is 0 Å². The first kappa shape index (κ1) is 23.4. The van der Waals surface area contributed by atoms with E-state index in [1.165, 1.54) is 6.26 Å². The van der Waals surface area contributed by atoms with Gasteiger partial charge in [-0.05, 0) is 32.6 Å². The quantitative estimate of drug-likeness (QED) is 0.333. The van der Waals surface area contributed by atoms with Crippen LogP contribution in [0.2, 0.25) is 0 Å². The fraction of sp³-hybridized carbons (Fsp3) is 0.522. The second-order valence-electron chi connectivity index (χ2n) is 8.17. The van der Waals surface area contributed by atoms with E-state index in [-0.39, 0.29) is 11.7 Å². The molecule has 1 rings (SSSR count). The van der Waals surface area contributed by atoms with Crippen molar-refractivity contribution in [3.8, 4) is 0 Å². The number of rotatable bonds is 7. The molecule has 4 heteroatoms. The van der Waals surface area contributed by atoms with Gasteiger partial charge < -0.3 is 0 Å². The first-order chi connectivity index (χ1) is 12.3. The van der Waals surface area contributed by atoms with E-state index in [1.807, 2.05) is 52.8 Å². The van der Waals surface area contributed by atoms with Gasteiger partial charge in [-0.25, -0.2) is 8.42 Å². The van der Waals surface area contributed by atoms with Gasteiger partial charge in [0.15, 0.2) is 15.6 Å². The van der Waals surface area contributed by atoms with Gasteiger partial charge in [-0.3, -0.25) is 4.79 Å². The highest BCUT2D eigenvalue weighted by atomic mass is 32.2. The smallest absolute Gasteiger partial charge is 0.188 e. The Bertz CT molecular complexity index is 824. The maximum atomic E-state index is 13.4. The number of hydrogen-bond donors (Lipinski definition) is 0. The number of Topliss-reactive ketones (excluding diaryl/α,β-unsaturated/α-hetero) is 1. The van der Waals surface area contributed by atoms with Crippen molar-refractivity contribution in [2.75, 3.05) is 6.26 Å². The van der Waals surface area contributed by atoms with E-state index in [0.717, 1.165) is 18.4 Å². The lowest BCUT2D eigenvalue weighted by Crippen LogP contribution is -2.31. The Hall–Kier alpha value is -1.68. The van der Waals surface area contributed by atoms with Crippen LogP contribution >= 0.6 is 0 Å². The van der Waals surface area contributed by atoms with Crippen molar-refractivity contribution in [3.05, 3.63) is 59.8 Å². The van der Waals surface area contributed by atoms with E-state index >= 15 is 0 Å². The molecule has 0 bridgehead atoms. The topological polar surface area (TPSA) is 51.2 Å². The number of carbonyl (C=O) groups is 1. The summed E-state index contributed by atoms with van der Waals surface area (Å²) in [6, 6.07) is 0. The molecule has 0 aromatic carbocycles. The molecule has 1 aliphatic rings. The molecule has 0 spiro atoms. The Kier molecular flexibility index (Phi) is 7.40. The summed E-state index contributed by atoms with van der Waals surface area (Å²) in [5.41, 5.74) is 1.68. The van der Waals surface area contributed by atoms with Gasteiger partial charge >= 0.3 is 0 Å². The van der Waals surface area contributed by atoms with E-state index in [1.54, 1.807) is 25.2 Å². The molecule has 0 aromatic heterocycles. The number of carbonyl (C=O) groups excluding carboxylic acids is 1. The van der Waals surface area contributed by atoms with Crippen LogP contribution in [0.15, 0.2) is 59.8 Å². The van der Waals surface area contributed by atoms with Crippen LogP contribution in [0.1, 0.15) is 54.4 Å². The highest BCUT2D eigenvalue weighted by molar-refractivity contribution is 7.92. The third-order valence-corrected chi connectivity index (χ3v) is 7.37. The normalized spacial score (nSPS) is 31.8. The minimum Gasteiger partial charge on any atom is -0.289 e. The van der Waals surface area contributed by atoms with Crippen LogP contribution in [-0.2, 0) is 14.6 Å². The molecule has 3 nitrogen and oxygen atoms in total. The van der Waals surface area contributed by atoms with Gasteiger partial charge in [0.25, 0.3) is 0 Å². The molecule has 1 aliphatic carbocycles. The van der Waals surface area contributed by atoms with Crippen LogP contribution < -0.4 is 0 Å². The minimum absolute atomic E-state index is 0.0607. The zero-order valence-corrected chi connectivity index (χ0v) is 18.6. The summed E-state index contributed by atoms with van der Waals surface area (Å²) in [7, 11) is -3.37. The molecule has 3 atom stereocenters. The lowest BCUT2D eigenvalue weighted by molar-refractivity contribution is -0.112. The van der Waals surface area contributed by atoms with Crippen LogP contribution in [-0.4, -0.2) is 25.2 Å². The lowest BCUT2D eigenvalue weighted by Gasteiger charge is -2.28. The molecular formula is C23H34O3S. The Morgan fingerprint density at radius 1 is 1.22 bits per heavy atom. The summed E-state index contributed by atoms with van der Waals surface area (Å²) in [5, 5.41) is 0. The highest BCUT2D eigenvalue weighted by Crippen LogP contribution is 2.34. The zero-order chi connectivity index (χ0) is 21.0. The van der Waals surface area contributed by atoms with Gasteiger partial charge in [0.1, 0.15) is 4.75 Å². The van der Waals surface area contributed by atoms with Gasteiger partial charge in [-0.1, -0.05) is 76.3 Å². The maximum absolute atomic E-state index is 13.4. The third kappa shape index (κ3) is 5.65. The molecule has 0 saturated carbocycles. The molecule has 0 saturated heterocycles. The molecular weight excluding hydrogens is 356 g/mol. The summed E-state index contributed by atoms with van der Waals surface area (Å²) in [6.07, 6.45) is 13.6. The average Bonchev–Trinajstić information content (AvgIpc) is 2.57. The van der Waals surface area contributed by atoms with Crippen molar-refractivity contribution in [1.82, 2.24) is 0 Å². The van der Waals surface area contributed by atoms with Crippen molar-refractivity contribution >= 4 is 15.6 Å². The van der Waals surface area contributed by atoms with Gasteiger partial charge in [-0.2, -0.15) is 0 Å². The third-order valence-electron chi connectivity index (χ3n) is 5.50. The van der Waals surface area contributed by atoms with Crippen LogP contribution in [0, 0.1) is 11.3 Å². The molecule has 150 valence electrons. The van der Waals surface area contributed by atoms with Gasteiger partial charge in [-0.15, -0.1) is 0 Å². The monoisotopic (exact) mass is 390 g/mol. The standard InChI is InChI=1S/C23H34O3S/c1-9-18(5)20(15-17(3)4)21(24)19-11-12-23(7,27(8,25)26)14-13-22(6,10-2)16-19/h11-16,18H,3,9-10H2,1-2,4-8H3/b12-11-,14-13-,19-16+,20-15+. The minimum atomic E-state index is -3.37. The summed E-state index contributed by atoms with van der Waals surface area (Å²) in [4.78, 5) is 13.4. The second-order valence-corrected chi connectivity index (χ2v) is 10.6. The Morgan fingerprint density at radius 2 is 1.81 bits per heavy atom. The largest absolute Gasteiger partial charge is 0.289 e. The zero-order valence-electron chi connectivity index (χ0n) is 17.8. The first-order valence-corrected chi connectivity index (χ1v) is 11.4. The van der Waals surface area contributed by atoms with E-state index in [2.05, 4.69) is 6.58 Å². The van der Waals surface area contributed by atoms with Gasteiger partial charge in [0.2, 0.25) is 0 Å². The number of sulfone groups is 1. The molecule has 0 aliphatic heterocycles. The first-order valence-electron chi connectivity index (χ1n) is 9.52. The number of allylic oxidation sites excluding steroid dienone is 7. The molecule has 27 heavy (non-hydrogen) atoms. The van der Waals surface area contributed by atoms with Crippen molar-refractivity contribution in [2.24, 2.45) is 11.3 Å². The molecule has 0 aromatic rings. The Labute approximate surface area is 165 Å². The molecule has 0 amide bonds. The Balaban J connectivity index is 3.62. The molecule has 0 radical (unpaired) electrons. The SMILES string of the molecule is C=C(C)/C=C(/C(=O)C1=C/C(C)(CC)/C=C\C(C)(S(C)(=O)=O)/C=C\1)C(C)CC. The van der Waals surface area contributed by atoms with Crippen LogP contribution in [0.25, 0.3) is 0 Å². The van der Waals surface area contributed by atoms with Gasteiger partial charge in [0, 0.05) is 22.8 Å². The Morgan fingerprint density at radius 3 is 2.26 bits per heavy atom. The lowest BCUT2D eigenvalue weighted by atomic mass is 9.80.